The van der Waals surface area contributed by atoms with Crippen molar-refractivity contribution in [3.63, 3.8) is 0 Å². The van der Waals surface area contributed by atoms with Gasteiger partial charge in [-0.2, -0.15) is 13.2 Å². The van der Waals surface area contributed by atoms with Gasteiger partial charge in [-0.25, -0.2) is 13.1 Å². The van der Waals surface area contributed by atoms with Crippen molar-refractivity contribution >= 4 is 10.0 Å². The van der Waals surface area contributed by atoms with Crippen LogP contribution in [0.15, 0.2) is 48.5 Å². The molecule has 0 amide bonds. The number of alkyl halides is 3. The van der Waals surface area contributed by atoms with Crippen LogP contribution in [0.3, 0.4) is 0 Å². The Morgan fingerprint density at radius 1 is 1.00 bits per heavy atom. The number of rotatable bonds is 8. The summed E-state index contributed by atoms with van der Waals surface area (Å²) < 4.78 is 69.3. The Morgan fingerprint density at radius 2 is 1.52 bits per heavy atom. The second-order valence-electron chi connectivity index (χ2n) is 6.20. The molecule has 4 nitrogen and oxygen atoms in total. The second kappa shape index (κ2) is 8.75. The Labute approximate surface area is 157 Å². The molecule has 0 aromatic heterocycles. The lowest BCUT2D eigenvalue weighted by Crippen LogP contribution is -2.34. The highest BCUT2D eigenvalue weighted by atomic mass is 32.2. The van der Waals surface area contributed by atoms with E-state index in [1.807, 2.05) is 0 Å². The highest BCUT2D eigenvalue weighted by Crippen LogP contribution is 2.31. The van der Waals surface area contributed by atoms with Gasteiger partial charge in [-0.1, -0.05) is 31.2 Å². The van der Waals surface area contributed by atoms with Gasteiger partial charge in [0.25, 0.3) is 0 Å². The van der Waals surface area contributed by atoms with Crippen molar-refractivity contribution in [3.05, 3.63) is 54.1 Å². The molecule has 0 aliphatic rings. The van der Waals surface area contributed by atoms with Gasteiger partial charge in [0.1, 0.15) is 11.9 Å². The lowest BCUT2D eigenvalue weighted by atomic mass is 10.0. The lowest BCUT2D eigenvalue weighted by molar-refractivity contribution is -0.137. The summed E-state index contributed by atoms with van der Waals surface area (Å²) in [6.07, 6.45) is -4.19. The molecule has 1 unspecified atom stereocenters. The van der Waals surface area contributed by atoms with Gasteiger partial charge in [-0.15, -0.1) is 0 Å². The van der Waals surface area contributed by atoms with Crippen LogP contribution >= 0.6 is 0 Å². The molecule has 148 valence electrons. The van der Waals surface area contributed by atoms with E-state index in [-0.39, 0.29) is 18.4 Å². The van der Waals surface area contributed by atoms with Crippen LogP contribution in [0, 0.1) is 0 Å². The molecule has 0 spiro atoms. The quantitative estimate of drug-likeness (QED) is 0.710. The standard InChI is InChI=1S/C19H22F3NO3S/c1-3-12-27(24,25)23-13-14(2)26-18-10-6-16(7-11-18)15-4-8-17(9-5-15)19(20,21)22/h4-11,14,23H,3,12-13H2,1-2H3. The molecular formula is C19H22F3NO3S. The van der Waals surface area contributed by atoms with Crippen molar-refractivity contribution < 1.29 is 26.3 Å². The third kappa shape index (κ3) is 6.55. The molecule has 0 fully saturated rings. The van der Waals surface area contributed by atoms with Gasteiger partial charge in [0.05, 0.1) is 11.3 Å². The van der Waals surface area contributed by atoms with Crippen molar-refractivity contribution in [2.45, 2.75) is 32.5 Å². The first-order chi connectivity index (χ1) is 12.6. The number of hydrogen-bond donors (Lipinski definition) is 1. The maximum absolute atomic E-state index is 12.6. The van der Waals surface area contributed by atoms with Crippen LogP contribution in [0.5, 0.6) is 5.75 Å². The first-order valence-electron chi connectivity index (χ1n) is 8.52. The molecule has 0 saturated carbocycles. The minimum absolute atomic E-state index is 0.0710. The largest absolute Gasteiger partial charge is 0.489 e. The number of halogens is 3. The smallest absolute Gasteiger partial charge is 0.416 e. The summed E-state index contributed by atoms with van der Waals surface area (Å²) in [6, 6.07) is 11.8. The summed E-state index contributed by atoms with van der Waals surface area (Å²) in [5.74, 6) is 0.620. The van der Waals surface area contributed by atoms with E-state index in [1.54, 1.807) is 38.1 Å². The van der Waals surface area contributed by atoms with E-state index in [0.717, 1.165) is 17.7 Å². The molecular weight excluding hydrogens is 379 g/mol. The normalized spacial score (nSPS) is 13.4. The van der Waals surface area contributed by atoms with Crippen LogP contribution in [0.1, 0.15) is 25.8 Å². The van der Waals surface area contributed by atoms with E-state index in [0.29, 0.717) is 17.7 Å². The van der Waals surface area contributed by atoms with Crippen LogP contribution in [-0.2, 0) is 16.2 Å². The summed E-state index contributed by atoms with van der Waals surface area (Å²) in [6.45, 7) is 3.69. The summed E-state index contributed by atoms with van der Waals surface area (Å²) in [5.41, 5.74) is 0.729. The average molecular weight is 401 g/mol. The topological polar surface area (TPSA) is 55.4 Å². The lowest BCUT2D eigenvalue weighted by Gasteiger charge is -2.16. The zero-order valence-corrected chi connectivity index (χ0v) is 15.9. The molecule has 0 saturated heterocycles. The Balaban J connectivity index is 1.97. The fourth-order valence-corrected chi connectivity index (χ4v) is 3.61. The van der Waals surface area contributed by atoms with Gasteiger partial charge >= 0.3 is 6.18 Å². The first kappa shape index (κ1) is 21.2. The van der Waals surface area contributed by atoms with Gasteiger partial charge in [0, 0.05) is 6.54 Å². The minimum atomic E-state index is -4.36. The fraction of sp³-hybridized carbons (Fsp3) is 0.368. The van der Waals surface area contributed by atoms with E-state index < -0.39 is 21.8 Å². The van der Waals surface area contributed by atoms with Crippen molar-refractivity contribution in [2.75, 3.05) is 12.3 Å². The van der Waals surface area contributed by atoms with Gasteiger partial charge in [-0.05, 0) is 48.7 Å². The highest BCUT2D eigenvalue weighted by Gasteiger charge is 2.29. The van der Waals surface area contributed by atoms with Crippen LogP contribution in [0.2, 0.25) is 0 Å². The van der Waals surface area contributed by atoms with Crippen LogP contribution in [0.25, 0.3) is 11.1 Å². The number of hydrogen-bond acceptors (Lipinski definition) is 3. The number of nitrogens with one attached hydrogen (secondary N) is 1. The maximum Gasteiger partial charge on any atom is 0.416 e. The maximum atomic E-state index is 12.6. The molecule has 1 atom stereocenters. The average Bonchev–Trinajstić information content (AvgIpc) is 2.60. The van der Waals surface area contributed by atoms with Gasteiger partial charge < -0.3 is 4.74 Å². The van der Waals surface area contributed by atoms with E-state index >= 15 is 0 Å². The molecule has 0 radical (unpaired) electrons. The predicted molar refractivity (Wildman–Crippen MR) is 99.1 cm³/mol. The molecule has 27 heavy (non-hydrogen) atoms. The summed E-state index contributed by atoms with van der Waals surface area (Å²) in [5, 5.41) is 0. The van der Waals surface area contributed by atoms with E-state index in [9.17, 15) is 21.6 Å². The molecule has 2 rings (SSSR count). The van der Waals surface area contributed by atoms with E-state index in [4.69, 9.17) is 4.74 Å². The van der Waals surface area contributed by atoms with Crippen molar-refractivity contribution in [1.29, 1.82) is 0 Å². The molecule has 8 heteroatoms. The number of benzene rings is 2. The number of ether oxygens (including phenoxy) is 1. The third-order valence-corrected chi connectivity index (χ3v) is 5.35. The fourth-order valence-electron chi connectivity index (χ4n) is 2.44. The second-order valence-corrected chi connectivity index (χ2v) is 8.12. The first-order valence-corrected chi connectivity index (χ1v) is 10.2. The predicted octanol–water partition coefficient (Wildman–Crippen LogP) is 4.47. The van der Waals surface area contributed by atoms with Crippen molar-refractivity contribution in [1.82, 2.24) is 4.72 Å². The Kier molecular flexibility index (Phi) is 6.89. The molecule has 1 N–H and O–H groups in total. The van der Waals surface area contributed by atoms with Crippen LogP contribution < -0.4 is 9.46 Å². The van der Waals surface area contributed by atoms with Gasteiger partial charge in [0.2, 0.25) is 10.0 Å². The summed E-state index contributed by atoms with van der Waals surface area (Å²) in [7, 11) is -3.29. The Bertz CT molecular complexity index is 832. The zero-order chi connectivity index (χ0) is 20.1. The monoisotopic (exact) mass is 401 g/mol. The number of sulfonamides is 1. The molecule has 0 aliphatic carbocycles. The zero-order valence-electron chi connectivity index (χ0n) is 15.1. The molecule has 2 aromatic rings. The van der Waals surface area contributed by atoms with Crippen LogP contribution in [0.4, 0.5) is 13.2 Å². The van der Waals surface area contributed by atoms with E-state index in [1.165, 1.54) is 12.1 Å². The molecule has 0 aliphatic heterocycles. The Hall–Kier alpha value is -2.06. The SMILES string of the molecule is CCCS(=O)(=O)NCC(C)Oc1ccc(-c2ccc(C(F)(F)F)cc2)cc1. The van der Waals surface area contributed by atoms with Crippen molar-refractivity contribution in [3.8, 4) is 16.9 Å². The van der Waals surface area contributed by atoms with Crippen molar-refractivity contribution in [2.24, 2.45) is 0 Å². The van der Waals surface area contributed by atoms with Gasteiger partial charge in [0.15, 0.2) is 0 Å². The third-order valence-electron chi connectivity index (χ3n) is 3.80. The molecule has 0 heterocycles. The minimum Gasteiger partial charge on any atom is -0.489 e. The molecule has 0 bridgehead atoms. The van der Waals surface area contributed by atoms with Gasteiger partial charge in [-0.3, -0.25) is 0 Å². The van der Waals surface area contributed by atoms with Crippen LogP contribution in [-0.4, -0.2) is 26.8 Å². The summed E-state index contributed by atoms with van der Waals surface area (Å²) in [4.78, 5) is 0. The highest BCUT2D eigenvalue weighted by molar-refractivity contribution is 7.89. The van der Waals surface area contributed by atoms with E-state index in [2.05, 4.69) is 4.72 Å². The molecule has 2 aromatic carbocycles. The summed E-state index contributed by atoms with van der Waals surface area (Å²) >= 11 is 0. The Morgan fingerprint density at radius 3 is 2.00 bits per heavy atom.